The highest BCUT2D eigenvalue weighted by Gasteiger charge is 2.09. The highest BCUT2D eigenvalue weighted by Crippen LogP contribution is 2.25. The quantitative estimate of drug-likeness (QED) is 0.915. The van der Waals surface area contributed by atoms with Crippen LogP contribution in [0.4, 0.5) is 10.5 Å². The van der Waals surface area contributed by atoms with Gasteiger partial charge in [0.2, 0.25) is 0 Å². The summed E-state index contributed by atoms with van der Waals surface area (Å²) in [5.74, 6) is 0. The minimum Gasteiger partial charge on any atom is -0.444 e. The van der Waals surface area contributed by atoms with Crippen LogP contribution in [0.1, 0.15) is 6.92 Å². The molecule has 94 valence electrons. The minimum atomic E-state index is -0.562. The Morgan fingerprint density at radius 2 is 2.12 bits per heavy atom. The van der Waals surface area contributed by atoms with Crippen LogP contribution in [0.15, 0.2) is 18.2 Å². The second kappa shape index (κ2) is 6.69. The molecule has 1 atom stereocenters. The molecule has 0 aromatic heterocycles. The molecule has 0 saturated heterocycles. The normalized spacial score (nSPS) is 12.0. The number of carbonyl (C=O) groups excluding carboxylic acids is 1. The summed E-state index contributed by atoms with van der Waals surface area (Å²) in [7, 11) is 1.54. The van der Waals surface area contributed by atoms with E-state index in [1.54, 1.807) is 25.1 Å². The van der Waals surface area contributed by atoms with Gasteiger partial charge in [0.1, 0.15) is 6.10 Å². The maximum atomic E-state index is 11.4. The molecular formula is C11H13Cl2NO3. The highest BCUT2D eigenvalue weighted by atomic mass is 35.5. The first-order valence-electron chi connectivity index (χ1n) is 4.94. The number of nitrogens with one attached hydrogen (secondary N) is 1. The van der Waals surface area contributed by atoms with Crippen molar-refractivity contribution in [1.29, 1.82) is 0 Å². The van der Waals surface area contributed by atoms with Gasteiger partial charge in [-0.1, -0.05) is 23.2 Å². The van der Waals surface area contributed by atoms with Crippen LogP contribution in [0, 0.1) is 0 Å². The molecule has 17 heavy (non-hydrogen) atoms. The number of methoxy groups -OCH3 is 1. The van der Waals surface area contributed by atoms with Gasteiger partial charge in [0.15, 0.2) is 0 Å². The van der Waals surface area contributed by atoms with Crippen LogP contribution in [0.2, 0.25) is 10.0 Å². The molecule has 0 unspecified atom stereocenters. The molecule has 1 N–H and O–H groups in total. The molecule has 0 heterocycles. The van der Waals surface area contributed by atoms with Gasteiger partial charge in [-0.15, -0.1) is 0 Å². The summed E-state index contributed by atoms with van der Waals surface area (Å²) in [5.41, 5.74) is 0.522. The molecular weight excluding hydrogens is 265 g/mol. The molecule has 0 aliphatic carbocycles. The Bertz CT molecular complexity index is 398. The number of amides is 1. The van der Waals surface area contributed by atoms with E-state index in [1.165, 1.54) is 7.11 Å². The summed E-state index contributed by atoms with van der Waals surface area (Å²) >= 11 is 11.6. The second-order valence-electron chi connectivity index (χ2n) is 3.43. The van der Waals surface area contributed by atoms with E-state index in [2.05, 4.69) is 5.32 Å². The van der Waals surface area contributed by atoms with E-state index >= 15 is 0 Å². The van der Waals surface area contributed by atoms with Gasteiger partial charge in [-0.25, -0.2) is 4.79 Å². The van der Waals surface area contributed by atoms with E-state index in [0.717, 1.165) is 0 Å². The number of ether oxygens (including phenoxy) is 2. The fourth-order valence-corrected chi connectivity index (χ4v) is 1.47. The predicted octanol–water partition coefficient (Wildman–Crippen LogP) is 3.58. The summed E-state index contributed by atoms with van der Waals surface area (Å²) in [6.07, 6.45) is -0.879. The predicted molar refractivity (Wildman–Crippen MR) is 67.9 cm³/mol. The molecule has 1 aromatic carbocycles. The zero-order chi connectivity index (χ0) is 12.8. The van der Waals surface area contributed by atoms with E-state index < -0.39 is 6.09 Å². The van der Waals surface area contributed by atoms with Gasteiger partial charge < -0.3 is 9.47 Å². The number of anilines is 1. The maximum absolute atomic E-state index is 11.4. The summed E-state index contributed by atoms with van der Waals surface area (Å²) < 4.78 is 9.86. The van der Waals surface area contributed by atoms with Crippen LogP contribution >= 0.6 is 23.2 Å². The Morgan fingerprint density at radius 1 is 1.41 bits per heavy atom. The Morgan fingerprint density at radius 3 is 2.71 bits per heavy atom. The van der Waals surface area contributed by atoms with Crippen molar-refractivity contribution >= 4 is 35.0 Å². The molecule has 0 aliphatic heterocycles. The topological polar surface area (TPSA) is 47.6 Å². The standard InChI is InChI=1S/C11H13Cl2NO3/c1-7(6-16-2)17-11(15)14-8-3-4-9(12)10(13)5-8/h3-5,7H,6H2,1-2H3,(H,14,15)/t7-/m0/s1. The lowest BCUT2D eigenvalue weighted by molar-refractivity contribution is 0.0564. The van der Waals surface area contributed by atoms with Crippen molar-refractivity contribution in [3.8, 4) is 0 Å². The molecule has 1 amide bonds. The number of benzene rings is 1. The van der Waals surface area contributed by atoms with Gasteiger partial charge in [0, 0.05) is 12.8 Å². The lowest BCUT2D eigenvalue weighted by Crippen LogP contribution is -2.23. The zero-order valence-electron chi connectivity index (χ0n) is 9.50. The van der Waals surface area contributed by atoms with Crippen LogP contribution in [0.5, 0.6) is 0 Å². The highest BCUT2D eigenvalue weighted by molar-refractivity contribution is 6.42. The second-order valence-corrected chi connectivity index (χ2v) is 4.24. The van der Waals surface area contributed by atoms with E-state index in [-0.39, 0.29) is 6.10 Å². The number of halogens is 2. The molecule has 0 bridgehead atoms. The summed E-state index contributed by atoms with van der Waals surface area (Å²) in [6, 6.07) is 4.78. The molecule has 1 aromatic rings. The smallest absolute Gasteiger partial charge is 0.411 e. The molecule has 0 spiro atoms. The summed E-state index contributed by atoms with van der Waals surface area (Å²) in [6.45, 7) is 2.08. The van der Waals surface area contributed by atoms with Crippen molar-refractivity contribution in [2.75, 3.05) is 19.0 Å². The fraction of sp³-hybridized carbons (Fsp3) is 0.364. The third kappa shape index (κ3) is 4.81. The van der Waals surface area contributed by atoms with Crippen LogP contribution in [-0.4, -0.2) is 25.9 Å². The average molecular weight is 278 g/mol. The largest absolute Gasteiger partial charge is 0.444 e. The number of carbonyl (C=O) groups is 1. The van der Waals surface area contributed by atoms with Crippen LogP contribution in [0.3, 0.4) is 0 Å². The average Bonchev–Trinajstić information content (AvgIpc) is 2.23. The molecule has 0 fully saturated rings. The monoisotopic (exact) mass is 277 g/mol. The van der Waals surface area contributed by atoms with Gasteiger partial charge in [-0.2, -0.15) is 0 Å². The van der Waals surface area contributed by atoms with E-state index in [1.807, 2.05) is 0 Å². The maximum Gasteiger partial charge on any atom is 0.411 e. The first-order chi connectivity index (χ1) is 8.02. The SMILES string of the molecule is COC[C@H](C)OC(=O)Nc1ccc(Cl)c(Cl)c1. The molecule has 4 nitrogen and oxygen atoms in total. The van der Waals surface area contributed by atoms with Gasteiger partial charge in [0.05, 0.1) is 16.7 Å². The van der Waals surface area contributed by atoms with Crippen molar-refractivity contribution in [1.82, 2.24) is 0 Å². The Balaban J connectivity index is 2.53. The van der Waals surface area contributed by atoms with Crippen molar-refractivity contribution in [2.45, 2.75) is 13.0 Å². The van der Waals surface area contributed by atoms with Crippen molar-refractivity contribution in [3.05, 3.63) is 28.2 Å². The first kappa shape index (κ1) is 14.1. The molecule has 6 heteroatoms. The Hall–Kier alpha value is -0.970. The molecule has 0 radical (unpaired) electrons. The fourth-order valence-electron chi connectivity index (χ4n) is 1.17. The van der Waals surface area contributed by atoms with Gasteiger partial charge >= 0.3 is 6.09 Å². The van der Waals surface area contributed by atoms with Crippen LogP contribution in [0.25, 0.3) is 0 Å². The van der Waals surface area contributed by atoms with Gasteiger partial charge in [0.25, 0.3) is 0 Å². The lowest BCUT2D eigenvalue weighted by atomic mass is 10.3. The summed E-state index contributed by atoms with van der Waals surface area (Å²) in [4.78, 5) is 11.4. The van der Waals surface area contributed by atoms with Crippen molar-refractivity contribution < 1.29 is 14.3 Å². The number of hydrogen-bond acceptors (Lipinski definition) is 3. The molecule has 0 aliphatic rings. The molecule has 0 saturated carbocycles. The first-order valence-corrected chi connectivity index (χ1v) is 5.70. The van der Waals surface area contributed by atoms with Crippen molar-refractivity contribution in [3.63, 3.8) is 0 Å². The zero-order valence-corrected chi connectivity index (χ0v) is 11.0. The van der Waals surface area contributed by atoms with Crippen LogP contribution < -0.4 is 5.32 Å². The third-order valence-electron chi connectivity index (χ3n) is 1.88. The Kier molecular flexibility index (Phi) is 5.55. The van der Waals surface area contributed by atoms with Gasteiger partial charge in [-0.3, -0.25) is 5.32 Å². The minimum absolute atomic E-state index is 0.317. The van der Waals surface area contributed by atoms with Gasteiger partial charge in [-0.05, 0) is 25.1 Å². The number of hydrogen-bond donors (Lipinski definition) is 1. The van der Waals surface area contributed by atoms with E-state index in [0.29, 0.717) is 22.3 Å². The van der Waals surface area contributed by atoms with Crippen molar-refractivity contribution in [2.24, 2.45) is 0 Å². The van der Waals surface area contributed by atoms with Crippen LogP contribution in [-0.2, 0) is 9.47 Å². The molecule has 1 rings (SSSR count). The summed E-state index contributed by atoms with van der Waals surface area (Å²) in [5, 5.41) is 3.34. The third-order valence-corrected chi connectivity index (χ3v) is 2.61. The number of rotatable bonds is 4. The van der Waals surface area contributed by atoms with E-state index in [9.17, 15) is 4.79 Å². The van der Waals surface area contributed by atoms with E-state index in [4.69, 9.17) is 32.7 Å². The Labute approximate surface area is 110 Å². The lowest BCUT2D eigenvalue weighted by Gasteiger charge is -2.13.